The number of hydrogen-bond donors (Lipinski definition) is 2. The van der Waals surface area contributed by atoms with Gasteiger partial charge in [0.25, 0.3) is 5.91 Å². The second-order valence-electron chi connectivity index (χ2n) is 5.45. The van der Waals surface area contributed by atoms with Crippen LogP contribution in [0.1, 0.15) is 17.3 Å². The third-order valence-electron chi connectivity index (χ3n) is 3.63. The second kappa shape index (κ2) is 7.59. The van der Waals surface area contributed by atoms with Gasteiger partial charge in [-0.1, -0.05) is 18.3 Å². The van der Waals surface area contributed by atoms with E-state index in [4.69, 9.17) is 4.74 Å². The highest BCUT2D eigenvalue weighted by atomic mass is 32.2. The molecular weight excluding hydrogens is 393 g/mol. The molecule has 0 bridgehead atoms. The molecule has 10 heteroatoms. The Hall–Kier alpha value is -2.56. The molecule has 0 aliphatic rings. The highest BCUT2D eigenvalue weighted by Gasteiger charge is 2.20. The van der Waals surface area contributed by atoms with E-state index in [0.29, 0.717) is 10.2 Å². The molecule has 1 aromatic heterocycles. The number of amides is 1. The molecule has 2 N–H and O–H groups in total. The van der Waals surface area contributed by atoms with Crippen LogP contribution in [0, 0.1) is 5.82 Å². The van der Waals surface area contributed by atoms with Gasteiger partial charge in [-0.3, -0.25) is 10.1 Å². The van der Waals surface area contributed by atoms with Gasteiger partial charge in [0.1, 0.15) is 11.6 Å². The van der Waals surface area contributed by atoms with Crippen molar-refractivity contribution in [2.24, 2.45) is 0 Å². The van der Waals surface area contributed by atoms with Gasteiger partial charge in [-0.15, -0.1) is 0 Å². The number of rotatable bonds is 6. The molecule has 0 atom stereocenters. The van der Waals surface area contributed by atoms with E-state index >= 15 is 0 Å². The van der Waals surface area contributed by atoms with E-state index in [0.717, 1.165) is 11.3 Å². The Balaban J connectivity index is 1.94. The fraction of sp³-hybridized carbons (Fsp3) is 0.176. The van der Waals surface area contributed by atoms with Crippen LogP contribution in [-0.2, 0) is 10.0 Å². The Morgan fingerprint density at radius 1 is 1.26 bits per heavy atom. The first-order chi connectivity index (χ1) is 12.8. The van der Waals surface area contributed by atoms with Crippen molar-refractivity contribution in [2.45, 2.75) is 11.8 Å². The minimum Gasteiger partial charge on any atom is -0.496 e. The maximum Gasteiger partial charge on any atom is 0.261 e. The van der Waals surface area contributed by atoms with E-state index in [9.17, 15) is 17.6 Å². The number of carbonyl (C=O) groups is 1. The predicted octanol–water partition coefficient (Wildman–Crippen LogP) is 2.99. The second-order valence-corrected chi connectivity index (χ2v) is 8.25. The molecule has 0 spiro atoms. The van der Waals surface area contributed by atoms with Crippen LogP contribution in [0.3, 0.4) is 0 Å². The zero-order chi connectivity index (χ0) is 19.6. The van der Waals surface area contributed by atoms with E-state index in [1.165, 1.54) is 43.5 Å². The summed E-state index contributed by atoms with van der Waals surface area (Å²) in [7, 11) is -2.35. The zero-order valence-electron chi connectivity index (χ0n) is 14.4. The first-order valence-corrected chi connectivity index (χ1v) is 10.2. The van der Waals surface area contributed by atoms with Gasteiger partial charge in [-0.05, 0) is 36.4 Å². The number of hydrogen-bond acceptors (Lipinski definition) is 6. The third-order valence-corrected chi connectivity index (χ3v) is 6.11. The number of sulfonamides is 1. The molecule has 0 aliphatic carbocycles. The fourth-order valence-corrected chi connectivity index (χ4v) is 4.37. The molecule has 1 amide bonds. The lowest BCUT2D eigenvalue weighted by molar-refractivity contribution is 0.102. The molecule has 0 aliphatic heterocycles. The van der Waals surface area contributed by atoms with Gasteiger partial charge in [0, 0.05) is 6.54 Å². The molecule has 0 unspecified atom stereocenters. The quantitative estimate of drug-likeness (QED) is 0.652. The van der Waals surface area contributed by atoms with Crippen molar-refractivity contribution in [3.8, 4) is 5.75 Å². The maximum atomic E-state index is 13.3. The number of nitrogens with one attached hydrogen (secondary N) is 2. The van der Waals surface area contributed by atoms with Crippen molar-refractivity contribution in [3.05, 3.63) is 47.8 Å². The van der Waals surface area contributed by atoms with Crippen LogP contribution in [-0.4, -0.2) is 33.0 Å². The lowest BCUT2D eigenvalue weighted by Crippen LogP contribution is -2.23. The number of carbonyl (C=O) groups excluding carboxylic acids is 1. The van der Waals surface area contributed by atoms with Gasteiger partial charge >= 0.3 is 0 Å². The van der Waals surface area contributed by atoms with E-state index in [1.54, 1.807) is 6.92 Å². The molecule has 27 heavy (non-hydrogen) atoms. The number of thiazole rings is 1. The van der Waals surface area contributed by atoms with Gasteiger partial charge in [-0.25, -0.2) is 22.5 Å². The van der Waals surface area contributed by atoms with Gasteiger partial charge in [-0.2, -0.15) is 0 Å². The molecule has 7 nitrogen and oxygen atoms in total. The predicted molar refractivity (Wildman–Crippen MR) is 101 cm³/mol. The van der Waals surface area contributed by atoms with Crippen molar-refractivity contribution in [3.63, 3.8) is 0 Å². The zero-order valence-corrected chi connectivity index (χ0v) is 16.1. The van der Waals surface area contributed by atoms with Crippen molar-refractivity contribution < 1.29 is 22.3 Å². The molecule has 142 valence electrons. The summed E-state index contributed by atoms with van der Waals surface area (Å²) >= 11 is 1.11. The summed E-state index contributed by atoms with van der Waals surface area (Å²) in [5, 5.41) is 2.87. The van der Waals surface area contributed by atoms with Crippen molar-refractivity contribution in [1.82, 2.24) is 9.71 Å². The summed E-state index contributed by atoms with van der Waals surface area (Å²) in [6.45, 7) is 1.88. The van der Waals surface area contributed by atoms with Crippen LogP contribution < -0.4 is 14.8 Å². The summed E-state index contributed by atoms with van der Waals surface area (Å²) in [5.41, 5.74) is 0.592. The normalized spacial score (nSPS) is 11.5. The Kier molecular flexibility index (Phi) is 5.40. The first kappa shape index (κ1) is 19.2. The summed E-state index contributed by atoms with van der Waals surface area (Å²) in [5.74, 6) is -0.762. The van der Waals surface area contributed by atoms with Gasteiger partial charge in [0.15, 0.2) is 5.13 Å². The Labute approximate surface area is 159 Å². The van der Waals surface area contributed by atoms with E-state index in [1.807, 2.05) is 0 Å². The van der Waals surface area contributed by atoms with Gasteiger partial charge in [0.05, 0.1) is 27.8 Å². The number of fused-ring (bicyclic) bond motifs is 1. The lowest BCUT2D eigenvalue weighted by atomic mass is 10.2. The minimum atomic E-state index is -3.73. The van der Waals surface area contributed by atoms with E-state index < -0.39 is 21.7 Å². The Morgan fingerprint density at radius 3 is 2.74 bits per heavy atom. The Morgan fingerprint density at radius 2 is 2.04 bits per heavy atom. The van der Waals surface area contributed by atoms with Crippen molar-refractivity contribution in [2.75, 3.05) is 19.0 Å². The monoisotopic (exact) mass is 409 g/mol. The van der Waals surface area contributed by atoms with E-state index in [-0.39, 0.29) is 27.9 Å². The Bertz CT molecular complexity index is 1110. The van der Waals surface area contributed by atoms with Crippen LogP contribution in [0.15, 0.2) is 41.3 Å². The summed E-state index contributed by atoms with van der Waals surface area (Å²) in [6, 6.07) is 8.12. The van der Waals surface area contributed by atoms with Crippen molar-refractivity contribution >= 4 is 42.6 Å². The molecule has 0 fully saturated rings. The molecule has 3 rings (SSSR count). The number of benzene rings is 2. The highest BCUT2D eigenvalue weighted by molar-refractivity contribution is 7.89. The number of aromatic nitrogens is 1. The molecule has 0 saturated heterocycles. The standard InChI is InChI=1S/C17H16FN3O4S2/c1-3-19-27(23,24)11-5-7-14(25-2)12(9-11)16(22)21-17-20-13-6-4-10(18)8-15(13)26-17/h4-9,19H,3H2,1-2H3,(H,20,21,22). The fourth-order valence-electron chi connectivity index (χ4n) is 2.42. The number of halogens is 1. The topological polar surface area (TPSA) is 97.4 Å². The van der Waals surface area contributed by atoms with Crippen molar-refractivity contribution in [1.29, 1.82) is 0 Å². The number of ether oxygens (including phenoxy) is 1. The largest absolute Gasteiger partial charge is 0.496 e. The molecule has 0 saturated carbocycles. The average Bonchev–Trinajstić information content (AvgIpc) is 3.02. The van der Waals surface area contributed by atoms with Crippen LogP contribution in [0.5, 0.6) is 5.75 Å². The average molecular weight is 409 g/mol. The molecule has 3 aromatic rings. The summed E-state index contributed by atoms with van der Waals surface area (Å²) in [6.07, 6.45) is 0. The van der Waals surface area contributed by atoms with Crippen LogP contribution in [0.25, 0.3) is 10.2 Å². The maximum absolute atomic E-state index is 13.3. The number of anilines is 1. The smallest absolute Gasteiger partial charge is 0.261 e. The first-order valence-electron chi connectivity index (χ1n) is 7.89. The van der Waals surface area contributed by atoms with Gasteiger partial charge < -0.3 is 4.74 Å². The van der Waals surface area contributed by atoms with E-state index in [2.05, 4.69) is 15.0 Å². The molecular formula is C17H16FN3O4S2. The lowest BCUT2D eigenvalue weighted by Gasteiger charge is -2.11. The third kappa shape index (κ3) is 4.07. The number of nitrogens with zero attached hydrogens (tertiary/aromatic N) is 1. The highest BCUT2D eigenvalue weighted by Crippen LogP contribution is 2.28. The molecule has 2 aromatic carbocycles. The molecule has 0 radical (unpaired) electrons. The summed E-state index contributed by atoms with van der Waals surface area (Å²) in [4.78, 5) is 16.8. The van der Waals surface area contributed by atoms with Crippen LogP contribution >= 0.6 is 11.3 Å². The summed E-state index contributed by atoms with van der Waals surface area (Å²) < 4.78 is 45.8. The molecule has 1 heterocycles. The minimum absolute atomic E-state index is 0.0434. The SMILES string of the molecule is CCNS(=O)(=O)c1ccc(OC)c(C(=O)Nc2nc3ccc(F)cc3s2)c1. The van der Waals surface area contributed by atoms with Gasteiger partial charge in [0.2, 0.25) is 10.0 Å². The van der Waals surface area contributed by atoms with Crippen LogP contribution in [0.4, 0.5) is 9.52 Å². The number of methoxy groups -OCH3 is 1. The van der Waals surface area contributed by atoms with Crippen LogP contribution in [0.2, 0.25) is 0 Å².